The number of hydrogen-bond acceptors (Lipinski definition) is 29. The number of aromatic amines is 1. The summed E-state index contributed by atoms with van der Waals surface area (Å²) < 4.78 is 0. The minimum atomic E-state index is -2.02. The fourth-order valence-corrected chi connectivity index (χ4v) is 13.9. The number of amides is 18. The Morgan fingerprint density at radius 2 is 0.870 bits per heavy atom. The van der Waals surface area contributed by atoms with E-state index < -0.39 is 304 Å². The van der Waals surface area contributed by atoms with Crippen LogP contribution in [0.4, 0.5) is 0 Å². The fourth-order valence-electron chi connectivity index (χ4n) is 13.1. The van der Waals surface area contributed by atoms with Crippen molar-refractivity contribution in [2.45, 2.75) is 214 Å². The highest BCUT2D eigenvalue weighted by Gasteiger charge is 2.44. The summed E-state index contributed by atoms with van der Waals surface area (Å²) in [6.45, 7) is -0.879. The van der Waals surface area contributed by atoms with Crippen molar-refractivity contribution in [3.63, 3.8) is 0 Å². The summed E-state index contributed by atoms with van der Waals surface area (Å²) in [6.07, 6.45) is -0.128. The van der Waals surface area contributed by atoms with Crippen molar-refractivity contribution >= 4 is 167 Å². The molecule has 0 bridgehead atoms. The Labute approximate surface area is 760 Å². The number of aliphatic carboxylic acids is 3. The van der Waals surface area contributed by atoms with Gasteiger partial charge in [-0.2, -0.15) is 24.4 Å². The van der Waals surface area contributed by atoms with Gasteiger partial charge in [-0.3, -0.25) is 117 Å². The number of thiol groups is 1. The normalized spacial score (nSPS) is 16.0. The summed E-state index contributed by atoms with van der Waals surface area (Å²) >= 11 is 5.54. The van der Waals surface area contributed by atoms with E-state index in [0.29, 0.717) is 5.75 Å². The fraction of sp³-hybridized carbons (Fsp3) is 0.635. The van der Waals surface area contributed by atoms with Crippen molar-refractivity contribution in [1.82, 2.24) is 110 Å². The monoisotopic (exact) mass is 1890 g/mol. The molecule has 3 heterocycles. The maximum Gasteiger partial charge on any atom is 0.322 e. The topological polar surface area (TPSA) is 907 Å². The predicted octanol–water partition coefficient (Wildman–Crippen LogP) is -13.4. The summed E-state index contributed by atoms with van der Waals surface area (Å²) in [5.41, 5.74) is 33.4. The second-order valence-corrected chi connectivity index (χ2v) is 31.9. The van der Waals surface area contributed by atoms with Crippen molar-refractivity contribution in [2.24, 2.45) is 40.3 Å². The highest BCUT2D eigenvalue weighted by Crippen LogP contribution is 2.26. The number of nitrogens with one attached hydrogen (secondary N) is 21. The van der Waals surface area contributed by atoms with Gasteiger partial charge in [-0.15, -0.1) is 0 Å². The highest BCUT2D eigenvalue weighted by molar-refractivity contribution is 7.98. The van der Waals surface area contributed by atoms with Gasteiger partial charge >= 0.3 is 17.9 Å². The summed E-state index contributed by atoms with van der Waals surface area (Å²) in [7, 11) is 0. The van der Waals surface area contributed by atoms with Gasteiger partial charge in [0.1, 0.15) is 85.1 Å². The second kappa shape index (κ2) is 58.1. The van der Waals surface area contributed by atoms with Crippen LogP contribution in [0.3, 0.4) is 0 Å². The number of primary amides is 2. The third kappa shape index (κ3) is 41.7. The summed E-state index contributed by atoms with van der Waals surface area (Å²) in [4.78, 5) is 291. The van der Waals surface area contributed by atoms with E-state index in [1.54, 1.807) is 6.26 Å². The van der Waals surface area contributed by atoms with Gasteiger partial charge in [0, 0.05) is 69.6 Å². The molecule has 37 N–H and O–H groups in total. The van der Waals surface area contributed by atoms with E-state index in [2.05, 4.69) is 108 Å². The molecule has 0 saturated carbocycles. The minimum Gasteiger partial charge on any atom is -0.481 e. The smallest absolute Gasteiger partial charge is 0.322 e. The number of likely N-dealkylation sites (tertiary alicyclic amines) is 2. The largest absolute Gasteiger partial charge is 0.481 e. The second-order valence-electron chi connectivity index (χ2n) is 30.6. The van der Waals surface area contributed by atoms with Crippen molar-refractivity contribution < 1.29 is 121 Å². The number of imidazole rings is 1. The Morgan fingerprint density at radius 1 is 0.473 bits per heavy atom. The Morgan fingerprint density at radius 3 is 1.33 bits per heavy atom. The van der Waals surface area contributed by atoms with Gasteiger partial charge in [0.05, 0.1) is 44.9 Å². The number of rotatable bonds is 61. The molecule has 2 aliphatic heterocycles. The zero-order valence-electron chi connectivity index (χ0n) is 72.3. The number of carboxylic acid groups (broad SMARTS) is 3. The van der Waals surface area contributed by atoms with Crippen molar-refractivity contribution in [1.29, 1.82) is 16.2 Å². The zero-order valence-corrected chi connectivity index (χ0v) is 74.1. The lowest BCUT2D eigenvalue weighted by Gasteiger charge is -2.32. The average Bonchev–Trinajstić information content (AvgIpc) is 1.66. The van der Waals surface area contributed by atoms with E-state index in [4.69, 9.17) is 55.7 Å². The third-order valence-electron chi connectivity index (χ3n) is 19.9. The number of thioether (sulfide) groups is 1. The van der Waals surface area contributed by atoms with Crippen LogP contribution in [0.15, 0.2) is 12.5 Å². The number of H-pyrrole nitrogens is 1. The average molecular weight is 1900 g/mol. The molecular formula is C74H122N30O25S2. The van der Waals surface area contributed by atoms with Gasteiger partial charge in [0.15, 0.2) is 17.9 Å². The van der Waals surface area contributed by atoms with Crippen molar-refractivity contribution in [2.75, 3.05) is 76.7 Å². The van der Waals surface area contributed by atoms with Crippen LogP contribution in [-0.4, -0.2) is 344 Å². The van der Waals surface area contributed by atoms with Crippen molar-refractivity contribution in [3.8, 4) is 0 Å². The lowest BCUT2D eigenvalue weighted by molar-refractivity contribution is -0.147. The Hall–Kier alpha value is -13.5. The first-order valence-electron chi connectivity index (χ1n) is 41.5. The highest BCUT2D eigenvalue weighted by atomic mass is 32.2. The van der Waals surface area contributed by atoms with Crippen LogP contribution >= 0.6 is 24.4 Å². The van der Waals surface area contributed by atoms with Crippen LogP contribution in [0.25, 0.3) is 0 Å². The van der Waals surface area contributed by atoms with Crippen LogP contribution in [0.5, 0.6) is 0 Å². The number of carbonyl (C=O) groups is 21. The molecule has 0 spiro atoms. The first kappa shape index (κ1) is 112. The number of nitrogens with two attached hydrogens (primary N) is 6. The van der Waals surface area contributed by atoms with Crippen LogP contribution in [0.2, 0.25) is 0 Å². The van der Waals surface area contributed by atoms with Gasteiger partial charge in [0.25, 0.3) is 0 Å². The van der Waals surface area contributed by atoms with Crippen LogP contribution < -0.4 is 125 Å². The standard InChI is InChI=1S/C74H122N30O25S2/c1-35(2)57(70(128)96-42(15-17-55(112)113)63(121)94-41(14-16-54(110)111)61(119)90-31-56(114)115)102-52(108)29-88-59(117)39(10-5-20-86-73(80)81)95-69(127)48-12-7-23-104(48)71(129)49-13-8-22-103(49)53(109)30-89-60(118)38(9-4-19-85-72(78)79)93-64(122)43(25-36-28-84-34-91-36)97-67(125)46(32-105)100-65(123)44(26-50(76)106)99-68(126)47(33-130)101-66(124)45(27-51(77)107)98-62(120)40(11-6-21-87-74(82)83)92-58(116)37(75)18-24-131-3/h28,34-35,37-49,57,105,130H,4-27,29-33,75H2,1-3H3,(H2,76,106)(H2,77,107)(H,84,91)(H,88,117)(H,89,118)(H,90,119)(H,92,116)(H,93,122)(H,94,121)(H,95,127)(H,96,128)(H,97,125)(H,98,120)(H,99,126)(H,100,123)(H,101,124)(H,102,108)(H,110,111)(H,112,113)(H,114,115)(H4,78,79,85)(H4,80,81,86)(H4,82,83,87)/t37-,38-,39-,40-,41-,42-,43-,44-,45-,46-,47-,48-,49-,57-/m0/s1. The van der Waals surface area contributed by atoms with Gasteiger partial charge in [0.2, 0.25) is 106 Å². The SMILES string of the molecule is CSCC[C@H](N)C(=O)N[C@@H](CCCNC(=N)N)C(=O)N[C@@H](CC(N)=O)C(=O)N[C@@H](CS)C(=O)N[C@@H](CC(N)=O)C(=O)N[C@@H](CO)C(=O)N[C@@H](Cc1cnc[nH]1)C(=O)N[C@@H](CCCNC(=N)N)C(=O)NCC(=O)N1CCC[C@H]1C(=O)N1CCC[C@H]1C(=O)N[C@@H](CCCNC(=N)N)C(=O)NCC(=O)N[C@H](C(=O)N[C@@H](CCC(=O)O)C(=O)N[C@@H](CCC(=O)O)C(=O)NCC(=O)O)C(C)C. The number of aromatic nitrogens is 2. The molecule has 57 heteroatoms. The molecular weight excluding hydrogens is 1770 g/mol. The molecule has 2 fully saturated rings. The maximum atomic E-state index is 14.6. The Bertz CT molecular complexity index is 4210. The lowest BCUT2D eigenvalue weighted by atomic mass is 10.0. The first-order valence-corrected chi connectivity index (χ1v) is 43.5. The molecule has 131 heavy (non-hydrogen) atoms. The maximum absolute atomic E-state index is 14.6. The van der Waals surface area contributed by atoms with E-state index in [9.17, 15) is 116 Å². The Kier molecular flexibility index (Phi) is 49.6. The minimum absolute atomic E-state index is 0.000618. The van der Waals surface area contributed by atoms with E-state index in [0.717, 1.165) is 0 Å². The zero-order chi connectivity index (χ0) is 98.3. The van der Waals surface area contributed by atoms with Crippen molar-refractivity contribution in [3.05, 3.63) is 18.2 Å². The van der Waals surface area contributed by atoms with Gasteiger partial charge in [-0.05, 0) is 101 Å². The molecule has 18 amide bonds. The van der Waals surface area contributed by atoms with Crippen LogP contribution in [0.1, 0.15) is 129 Å². The first-order chi connectivity index (χ1) is 61.8. The number of aliphatic hydroxyl groups is 1. The molecule has 0 aromatic carbocycles. The molecule has 1 aromatic heterocycles. The van der Waals surface area contributed by atoms with Gasteiger partial charge < -0.3 is 160 Å². The van der Waals surface area contributed by atoms with Crippen LogP contribution in [0, 0.1) is 22.1 Å². The van der Waals surface area contributed by atoms with Crippen LogP contribution in [-0.2, 0) is 107 Å². The number of nitrogens with zero attached hydrogens (tertiary/aromatic N) is 3. The summed E-state index contributed by atoms with van der Waals surface area (Å²) in [6, 6.07) is -22.2. The molecule has 3 rings (SSSR count). The molecule has 2 saturated heterocycles. The van der Waals surface area contributed by atoms with Gasteiger partial charge in [-0.1, -0.05) is 13.8 Å². The molecule has 0 unspecified atom stereocenters. The quantitative estimate of drug-likeness (QED) is 0.0125. The molecule has 55 nitrogen and oxygen atoms in total. The van der Waals surface area contributed by atoms with E-state index in [1.807, 2.05) is 5.32 Å². The number of hydrogen-bond donors (Lipinski definition) is 32. The van der Waals surface area contributed by atoms with E-state index >= 15 is 0 Å². The summed E-state index contributed by atoms with van der Waals surface area (Å²) in [5, 5.41) is 101. The molecule has 0 aliphatic carbocycles. The van der Waals surface area contributed by atoms with E-state index in [-0.39, 0.29) is 115 Å². The molecule has 0 radical (unpaired) electrons. The molecule has 2 aliphatic rings. The lowest BCUT2D eigenvalue weighted by Crippen LogP contribution is -2.61. The van der Waals surface area contributed by atoms with Gasteiger partial charge in [-0.25, -0.2) is 4.98 Å². The molecule has 730 valence electrons. The number of carbonyl (C=O) groups excluding carboxylic acids is 18. The predicted molar refractivity (Wildman–Crippen MR) is 465 cm³/mol. The number of guanidine groups is 3. The van der Waals surface area contributed by atoms with E-state index in [1.165, 1.54) is 47.9 Å². The molecule has 14 atom stereocenters. The number of carboxylic acids is 3. The number of aliphatic hydroxyl groups excluding tert-OH is 1. The Balaban J connectivity index is 1.82. The third-order valence-corrected chi connectivity index (χ3v) is 20.9. The summed E-state index contributed by atoms with van der Waals surface area (Å²) in [5.74, 6) is -25.4. The molecule has 1 aromatic rings.